The number of hydrogen-bond donors (Lipinski definition) is 1. The summed E-state index contributed by atoms with van der Waals surface area (Å²) in [6.07, 6.45) is 1.88. The second-order valence-electron chi connectivity index (χ2n) is 6.49. The van der Waals surface area contributed by atoms with E-state index < -0.39 is 0 Å². The molecule has 0 aliphatic carbocycles. The van der Waals surface area contributed by atoms with E-state index in [1.54, 1.807) is 13.0 Å². The van der Waals surface area contributed by atoms with Crippen molar-refractivity contribution in [2.45, 2.75) is 25.7 Å². The minimum absolute atomic E-state index is 0.0764. The van der Waals surface area contributed by atoms with Crippen LogP contribution >= 0.6 is 11.3 Å². The Morgan fingerprint density at radius 2 is 2.16 bits per heavy atom. The Balaban J connectivity index is 1.58. The molecule has 1 aromatic carbocycles. The Hall–Kier alpha value is -2.47. The summed E-state index contributed by atoms with van der Waals surface area (Å²) < 4.78 is 1.13. The number of benzene rings is 1. The zero-order valence-electron chi connectivity index (χ0n) is 14.0. The maximum atomic E-state index is 12.9. The number of aromatic nitrogens is 2. The van der Waals surface area contributed by atoms with Crippen molar-refractivity contribution in [1.29, 1.82) is 0 Å². The highest BCUT2D eigenvalue weighted by Crippen LogP contribution is 2.30. The molecule has 2 aromatic heterocycles. The Bertz CT molecular complexity index is 958. The van der Waals surface area contributed by atoms with Gasteiger partial charge in [-0.25, -0.2) is 4.98 Å². The molecular weight excluding hydrogens is 334 g/mol. The van der Waals surface area contributed by atoms with Crippen molar-refractivity contribution in [3.05, 3.63) is 63.1 Å². The first-order chi connectivity index (χ1) is 12.1. The number of fused-ring (bicyclic) bond motifs is 1. The van der Waals surface area contributed by atoms with Crippen LogP contribution in [0, 0.1) is 6.92 Å². The molecule has 1 aliphatic rings. The minimum Gasteiger partial charge on any atom is -0.337 e. The number of carbonyl (C=O) groups excluding carboxylic acids is 1. The largest absolute Gasteiger partial charge is 0.337 e. The van der Waals surface area contributed by atoms with Gasteiger partial charge in [0, 0.05) is 29.8 Å². The summed E-state index contributed by atoms with van der Waals surface area (Å²) in [5, 5.41) is 1.11. The van der Waals surface area contributed by atoms with Crippen molar-refractivity contribution in [3.63, 3.8) is 0 Å². The molecule has 3 heterocycles. The van der Waals surface area contributed by atoms with E-state index in [9.17, 15) is 9.59 Å². The SMILES string of the molecule is Cc1nc([C@H]2CCCN(C(=O)c3cc4ccccc4s3)C2)cc(=O)[nH]1. The molecule has 1 saturated heterocycles. The maximum Gasteiger partial charge on any atom is 0.263 e. The summed E-state index contributed by atoms with van der Waals surface area (Å²) in [7, 11) is 0. The molecule has 25 heavy (non-hydrogen) atoms. The van der Waals surface area contributed by atoms with Crippen LogP contribution in [0.5, 0.6) is 0 Å². The van der Waals surface area contributed by atoms with Gasteiger partial charge in [0.15, 0.2) is 0 Å². The molecule has 0 saturated carbocycles. The van der Waals surface area contributed by atoms with Crippen LogP contribution in [0.25, 0.3) is 10.1 Å². The van der Waals surface area contributed by atoms with Crippen molar-refractivity contribution < 1.29 is 4.79 Å². The highest BCUT2D eigenvalue weighted by Gasteiger charge is 2.27. The highest BCUT2D eigenvalue weighted by molar-refractivity contribution is 7.20. The van der Waals surface area contributed by atoms with Crippen LogP contribution in [0.15, 0.2) is 41.2 Å². The fourth-order valence-electron chi connectivity index (χ4n) is 3.46. The number of likely N-dealkylation sites (tertiary alicyclic amines) is 1. The average molecular weight is 353 g/mol. The van der Waals surface area contributed by atoms with Crippen molar-refractivity contribution in [2.75, 3.05) is 13.1 Å². The van der Waals surface area contributed by atoms with Gasteiger partial charge in [-0.2, -0.15) is 0 Å². The number of hydrogen-bond acceptors (Lipinski definition) is 4. The lowest BCUT2D eigenvalue weighted by atomic mass is 9.94. The third-order valence-electron chi connectivity index (χ3n) is 4.64. The quantitative estimate of drug-likeness (QED) is 0.769. The van der Waals surface area contributed by atoms with Crippen LogP contribution in [-0.2, 0) is 0 Å². The number of carbonyl (C=O) groups is 1. The van der Waals surface area contributed by atoms with E-state index in [1.165, 1.54) is 11.3 Å². The van der Waals surface area contributed by atoms with E-state index in [1.807, 2.05) is 35.2 Å². The molecule has 1 amide bonds. The number of rotatable bonds is 2. The third kappa shape index (κ3) is 3.22. The van der Waals surface area contributed by atoms with E-state index in [2.05, 4.69) is 9.97 Å². The molecule has 1 aliphatic heterocycles. The van der Waals surface area contributed by atoms with Gasteiger partial charge in [-0.15, -0.1) is 11.3 Å². The molecule has 0 unspecified atom stereocenters. The van der Waals surface area contributed by atoms with Crippen LogP contribution in [0.1, 0.15) is 39.9 Å². The number of aromatic amines is 1. The van der Waals surface area contributed by atoms with E-state index in [0.29, 0.717) is 12.4 Å². The van der Waals surface area contributed by atoms with Crippen LogP contribution in [0.2, 0.25) is 0 Å². The molecule has 4 rings (SSSR count). The lowest BCUT2D eigenvalue weighted by Gasteiger charge is -2.32. The molecule has 3 aromatic rings. The predicted octanol–water partition coefficient (Wildman–Crippen LogP) is 3.31. The predicted molar refractivity (Wildman–Crippen MR) is 99.3 cm³/mol. The monoisotopic (exact) mass is 353 g/mol. The zero-order valence-corrected chi connectivity index (χ0v) is 14.8. The summed E-state index contributed by atoms with van der Waals surface area (Å²) in [6.45, 7) is 3.16. The molecule has 1 atom stereocenters. The van der Waals surface area contributed by atoms with Crippen LogP contribution in [-0.4, -0.2) is 33.9 Å². The summed E-state index contributed by atoms with van der Waals surface area (Å²) in [6, 6.07) is 11.6. The molecule has 128 valence electrons. The molecule has 1 fully saturated rings. The Morgan fingerprint density at radius 1 is 1.32 bits per heavy atom. The lowest BCUT2D eigenvalue weighted by molar-refractivity contribution is 0.0711. The minimum atomic E-state index is -0.129. The smallest absolute Gasteiger partial charge is 0.263 e. The van der Waals surface area contributed by atoms with Crippen molar-refractivity contribution in [3.8, 4) is 0 Å². The van der Waals surface area contributed by atoms with Crippen LogP contribution in [0.4, 0.5) is 0 Å². The highest BCUT2D eigenvalue weighted by atomic mass is 32.1. The standard InChI is InChI=1S/C19H19N3O2S/c1-12-20-15(10-18(23)21-12)14-6-4-8-22(11-14)19(24)17-9-13-5-2-3-7-16(13)25-17/h2-3,5,7,9-10,14H,4,6,8,11H2,1H3,(H,20,21,23)/t14-/m0/s1. The summed E-state index contributed by atoms with van der Waals surface area (Å²) >= 11 is 1.54. The average Bonchev–Trinajstić information content (AvgIpc) is 3.04. The number of nitrogens with zero attached hydrogens (tertiary/aromatic N) is 2. The first-order valence-electron chi connectivity index (χ1n) is 8.46. The Morgan fingerprint density at radius 3 is 2.96 bits per heavy atom. The lowest BCUT2D eigenvalue weighted by Crippen LogP contribution is -2.39. The molecular formula is C19H19N3O2S. The van der Waals surface area contributed by atoms with E-state index in [4.69, 9.17) is 0 Å². The maximum absolute atomic E-state index is 12.9. The topological polar surface area (TPSA) is 66.1 Å². The van der Waals surface area contributed by atoms with Crippen LogP contribution < -0.4 is 5.56 Å². The third-order valence-corrected chi connectivity index (χ3v) is 5.75. The van der Waals surface area contributed by atoms with Crippen molar-refractivity contribution >= 4 is 27.3 Å². The van der Waals surface area contributed by atoms with E-state index in [0.717, 1.165) is 40.0 Å². The summed E-state index contributed by atoms with van der Waals surface area (Å²) in [4.78, 5) is 34.5. The first-order valence-corrected chi connectivity index (χ1v) is 9.27. The molecule has 0 spiro atoms. The fraction of sp³-hybridized carbons (Fsp3) is 0.316. The molecule has 0 radical (unpaired) electrons. The Labute approximate surface area is 149 Å². The second kappa shape index (κ2) is 6.44. The van der Waals surface area contributed by atoms with E-state index >= 15 is 0 Å². The second-order valence-corrected chi connectivity index (χ2v) is 7.58. The van der Waals surface area contributed by atoms with Gasteiger partial charge < -0.3 is 9.88 Å². The number of amides is 1. The molecule has 0 bridgehead atoms. The van der Waals surface area contributed by atoms with E-state index in [-0.39, 0.29) is 17.4 Å². The molecule has 5 nitrogen and oxygen atoms in total. The summed E-state index contributed by atoms with van der Waals surface area (Å²) in [5.41, 5.74) is 0.658. The summed E-state index contributed by atoms with van der Waals surface area (Å²) in [5.74, 6) is 0.816. The fourth-order valence-corrected chi connectivity index (χ4v) is 4.49. The van der Waals surface area contributed by atoms with Gasteiger partial charge in [-0.1, -0.05) is 18.2 Å². The van der Waals surface area contributed by atoms with Gasteiger partial charge in [-0.05, 0) is 37.3 Å². The zero-order chi connectivity index (χ0) is 17.4. The number of aryl methyl sites for hydroxylation is 1. The van der Waals surface area contributed by atoms with Gasteiger partial charge in [0.05, 0.1) is 10.6 Å². The molecule has 6 heteroatoms. The van der Waals surface area contributed by atoms with Gasteiger partial charge in [0.1, 0.15) is 5.82 Å². The van der Waals surface area contributed by atoms with Crippen molar-refractivity contribution in [2.24, 2.45) is 0 Å². The first kappa shape index (κ1) is 16.0. The van der Waals surface area contributed by atoms with Gasteiger partial charge in [-0.3, -0.25) is 9.59 Å². The normalized spacial score (nSPS) is 17.8. The number of nitrogens with one attached hydrogen (secondary N) is 1. The Kier molecular flexibility index (Phi) is 4.13. The molecule has 1 N–H and O–H groups in total. The van der Waals surface area contributed by atoms with Gasteiger partial charge >= 0.3 is 0 Å². The van der Waals surface area contributed by atoms with Gasteiger partial charge in [0.2, 0.25) is 0 Å². The van der Waals surface area contributed by atoms with Crippen molar-refractivity contribution in [1.82, 2.24) is 14.9 Å². The number of thiophene rings is 1. The van der Waals surface area contributed by atoms with Gasteiger partial charge in [0.25, 0.3) is 11.5 Å². The number of H-pyrrole nitrogens is 1. The number of piperidine rings is 1. The van der Waals surface area contributed by atoms with Crippen LogP contribution in [0.3, 0.4) is 0 Å².